The zero-order chi connectivity index (χ0) is 21.7. The van der Waals surface area contributed by atoms with Gasteiger partial charge in [0.2, 0.25) is 10.0 Å². The second kappa shape index (κ2) is 9.64. The lowest BCUT2D eigenvalue weighted by Gasteiger charge is -2.10. The molecule has 0 aliphatic heterocycles. The first-order chi connectivity index (χ1) is 15.0. The first-order valence-corrected chi connectivity index (χ1v) is 12.5. The maximum atomic E-state index is 12.5. The summed E-state index contributed by atoms with van der Waals surface area (Å²) in [5, 5.41) is 4.67. The third-order valence-electron chi connectivity index (χ3n) is 5.15. The van der Waals surface area contributed by atoms with E-state index in [1.54, 1.807) is 12.1 Å². The maximum absolute atomic E-state index is 12.5. The fraction of sp³-hybridized carbons (Fsp3) is 0.261. The minimum absolute atomic E-state index is 0.0612. The van der Waals surface area contributed by atoms with Gasteiger partial charge in [0, 0.05) is 17.0 Å². The SMILES string of the molecule is O=C(NCCOc1ccc2c(c1)CCC2)c1cccc(S(=O)(=O)NCc2cccs2)c1. The zero-order valence-corrected chi connectivity index (χ0v) is 18.6. The van der Waals surface area contributed by atoms with E-state index < -0.39 is 10.0 Å². The van der Waals surface area contributed by atoms with Crippen molar-refractivity contribution in [1.82, 2.24) is 10.0 Å². The van der Waals surface area contributed by atoms with Crippen LogP contribution >= 0.6 is 11.3 Å². The van der Waals surface area contributed by atoms with Crippen LogP contribution in [0.1, 0.15) is 32.8 Å². The van der Waals surface area contributed by atoms with Crippen molar-refractivity contribution in [1.29, 1.82) is 0 Å². The Labute approximate surface area is 186 Å². The smallest absolute Gasteiger partial charge is 0.251 e. The summed E-state index contributed by atoms with van der Waals surface area (Å²) < 4.78 is 33.4. The topological polar surface area (TPSA) is 84.5 Å². The molecule has 1 amide bonds. The Hall–Kier alpha value is -2.68. The standard InChI is InChI=1S/C23H24N2O4S2/c26-23(24-11-12-29-20-10-9-17-4-1-5-18(17)14-20)19-6-2-8-22(15-19)31(27,28)25-16-21-7-3-13-30-21/h2-3,6-10,13-15,25H,1,4-5,11-12,16H2,(H,24,26). The number of carbonyl (C=O) groups is 1. The van der Waals surface area contributed by atoms with Crippen LogP contribution in [0.15, 0.2) is 64.9 Å². The molecule has 3 aromatic rings. The molecule has 1 aromatic heterocycles. The van der Waals surface area contributed by atoms with Crippen LogP contribution in [0.3, 0.4) is 0 Å². The lowest BCUT2D eigenvalue weighted by molar-refractivity contribution is 0.0946. The van der Waals surface area contributed by atoms with Crippen molar-refractivity contribution in [3.63, 3.8) is 0 Å². The summed E-state index contributed by atoms with van der Waals surface area (Å²) in [4.78, 5) is 13.4. The number of thiophene rings is 1. The van der Waals surface area contributed by atoms with Crippen LogP contribution in [-0.2, 0) is 29.4 Å². The zero-order valence-electron chi connectivity index (χ0n) is 17.0. The first-order valence-electron chi connectivity index (χ1n) is 10.2. The molecule has 4 rings (SSSR count). The molecule has 8 heteroatoms. The molecule has 2 aromatic carbocycles. The molecule has 2 N–H and O–H groups in total. The number of carbonyl (C=O) groups excluding carboxylic acids is 1. The minimum Gasteiger partial charge on any atom is -0.492 e. The molecule has 0 unspecified atom stereocenters. The van der Waals surface area contributed by atoms with Crippen LogP contribution in [0, 0.1) is 0 Å². The van der Waals surface area contributed by atoms with Gasteiger partial charge in [-0.2, -0.15) is 0 Å². The number of benzene rings is 2. The summed E-state index contributed by atoms with van der Waals surface area (Å²) >= 11 is 1.48. The molecular formula is C23H24N2O4S2. The second-order valence-electron chi connectivity index (χ2n) is 7.32. The Morgan fingerprint density at radius 2 is 1.90 bits per heavy atom. The van der Waals surface area contributed by atoms with E-state index in [9.17, 15) is 13.2 Å². The Balaban J connectivity index is 1.29. The molecule has 0 radical (unpaired) electrons. The minimum atomic E-state index is -3.71. The van der Waals surface area contributed by atoms with Crippen LogP contribution in [0.25, 0.3) is 0 Å². The molecule has 6 nitrogen and oxygen atoms in total. The van der Waals surface area contributed by atoms with Gasteiger partial charge >= 0.3 is 0 Å². The van der Waals surface area contributed by atoms with Crippen LogP contribution in [0.4, 0.5) is 0 Å². The number of hydrogen-bond donors (Lipinski definition) is 2. The Bertz CT molecular complexity index is 1160. The molecule has 31 heavy (non-hydrogen) atoms. The molecule has 0 fully saturated rings. The highest BCUT2D eigenvalue weighted by Crippen LogP contribution is 2.25. The van der Waals surface area contributed by atoms with Gasteiger partial charge in [-0.25, -0.2) is 13.1 Å². The molecule has 0 saturated carbocycles. The van der Waals surface area contributed by atoms with E-state index in [1.165, 1.54) is 41.0 Å². The third kappa shape index (κ3) is 5.52. The van der Waals surface area contributed by atoms with Gasteiger partial charge in [0.25, 0.3) is 5.91 Å². The second-order valence-corrected chi connectivity index (χ2v) is 10.1. The number of hydrogen-bond acceptors (Lipinski definition) is 5. The molecule has 0 saturated heterocycles. The Morgan fingerprint density at radius 3 is 2.74 bits per heavy atom. The lowest BCUT2D eigenvalue weighted by atomic mass is 10.1. The normalized spacial score (nSPS) is 13.0. The lowest BCUT2D eigenvalue weighted by Crippen LogP contribution is -2.28. The van der Waals surface area contributed by atoms with Gasteiger partial charge in [-0.15, -0.1) is 11.3 Å². The molecule has 0 spiro atoms. The van der Waals surface area contributed by atoms with E-state index in [-0.39, 0.29) is 22.9 Å². The summed E-state index contributed by atoms with van der Waals surface area (Å²) in [5.41, 5.74) is 3.02. The van der Waals surface area contributed by atoms with Crippen LogP contribution in [0.5, 0.6) is 5.75 Å². The fourth-order valence-electron chi connectivity index (χ4n) is 3.54. The van der Waals surface area contributed by atoms with Crippen molar-refractivity contribution >= 4 is 27.3 Å². The molecule has 162 valence electrons. The number of sulfonamides is 1. The summed E-state index contributed by atoms with van der Waals surface area (Å²) in [6.45, 7) is 0.880. The highest BCUT2D eigenvalue weighted by atomic mass is 32.2. The van der Waals surface area contributed by atoms with Gasteiger partial charge < -0.3 is 10.1 Å². The molecule has 0 bridgehead atoms. The van der Waals surface area contributed by atoms with Gasteiger partial charge in [0.15, 0.2) is 0 Å². The number of rotatable bonds is 9. The Kier molecular flexibility index (Phi) is 6.70. The molecule has 1 heterocycles. The quantitative estimate of drug-likeness (QED) is 0.483. The van der Waals surface area contributed by atoms with Gasteiger partial charge in [0.1, 0.15) is 12.4 Å². The predicted octanol–water partition coefficient (Wildman–Crippen LogP) is 3.52. The highest BCUT2D eigenvalue weighted by Gasteiger charge is 2.16. The van der Waals surface area contributed by atoms with Crippen LogP contribution < -0.4 is 14.8 Å². The van der Waals surface area contributed by atoms with Crippen LogP contribution in [-0.4, -0.2) is 27.5 Å². The predicted molar refractivity (Wildman–Crippen MR) is 121 cm³/mol. The summed E-state index contributed by atoms with van der Waals surface area (Å²) in [7, 11) is -3.71. The van der Waals surface area contributed by atoms with Gasteiger partial charge in [0.05, 0.1) is 11.4 Å². The summed E-state index contributed by atoms with van der Waals surface area (Å²) in [5.74, 6) is 0.465. The number of aryl methyl sites for hydroxylation is 2. The maximum Gasteiger partial charge on any atom is 0.251 e. The van der Waals surface area contributed by atoms with E-state index in [2.05, 4.69) is 22.2 Å². The van der Waals surface area contributed by atoms with Crippen molar-refractivity contribution < 1.29 is 17.9 Å². The summed E-state index contributed by atoms with van der Waals surface area (Å²) in [6.07, 6.45) is 3.40. The van der Waals surface area contributed by atoms with Gasteiger partial charge in [-0.05, 0) is 72.2 Å². The van der Waals surface area contributed by atoms with E-state index in [1.807, 2.05) is 23.6 Å². The van der Waals surface area contributed by atoms with Crippen molar-refractivity contribution in [3.05, 3.63) is 81.5 Å². The number of nitrogens with one attached hydrogen (secondary N) is 2. The molecular weight excluding hydrogens is 432 g/mol. The largest absolute Gasteiger partial charge is 0.492 e. The van der Waals surface area contributed by atoms with Gasteiger partial charge in [-0.3, -0.25) is 4.79 Å². The van der Waals surface area contributed by atoms with E-state index in [4.69, 9.17) is 4.74 Å². The Morgan fingerprint density at radius 1 is 1.03 bits per heavy atom. The van der Waals surface area contributed by atoms with E-state index in [0.29, 0.717) is 13.2 Å². The highest BCUT2D eigenvalue weighted by molar-refractivity contribution is 7.89. The van der Waals surface area contributed by atoms with Crippen molar-refractivity contribution in [2.75, 3.05) is 13.2 Å². The van der Waals surface area contributed by atoms with E-state index in [0.717, 1.165) is 23.5 Å². The summed E-state index contributed by atoms with van der Waals surface area (Å²) in [6, 6.07) is 15.9. The van der Waals surface area contributed by atoms with Crippen molar-refractivity contribution in [2.45, 2.75) is 30.7 Å². The first kappa shape index (κ1) is 21.5. The number of amides is 1. The van der Waals surface area contributed by atoms with E-state index >= 15 is 0 Å². The van der Waals surface area contributed by atoms with Crippen LogP contribution in [0.2, 0.25) is 0 Å². The molecule has 1 aliphatic rings. The van der Waals surface area contributed by atoms with Gasteiger partial charge in [-0.1, -0.05) is 18.2 Å². The molecule has 1 aliphatic carbocycles. The third-order valence-corrected chi connectivity index (χ3v) is 7.42. The monoisotopic (exact) mass is 456 g/mol. The fourth-order valence-corrected chi connectivity index (χ4v) is 5.33. The average Bonchev–Trinajstić information content (AvgIpc) is 3.47. The number of fused-ring (bicyclic) bond motifs is 1. The molecule has 0 atom stereocenters. The number of ether oxygens (including phenoxy) is 1. The average molecular weight is 457 g/mol. The van der Waals surface area contributed by atoms with Crippen molar-refractivity contribution in [2.24, 2.45) is 0 Å². The van der Waals surface area contributed by atoms with Crippen molar-refractivity contribution in [3.8, 4) is 5.75 Å².